The Kier molecular flexibility index (Phi) is 42.9. The van der Waals surface area contributed by atoms with Crippen LogP contribution in [0.1, 0.15) is 259 Å². The van der Waals surface area contributed by atoms with Crippen LogP contribution in [0.25, 0.3) is 0 Å². The van der Waals surface area contributed by atoms with Gasteiger partial charge in [0.05, 0.1) is 15.7 Å². The Bertz CT molecular complexity index is 3400. The van der Waals surface area contributed by atoms with E-state index in [9.17, 15) is 108 Å². The number of hydrogen-bond acceptors (Lipinski definition) is 24. The van der Waals surface area contributed by atoms with Gasteiger partial charge in [0.1, 0.15) is 0 Å². The highest BCUT2D eigenvalue weighted by atomic mass is 32.2. The quantitative estimate of drug-likeness (QED) is 0.0724. The maximum absolute atomic E-state index is 13.4. The number of ether oxygens (including phenoxy) is 6. The second-order valence-corrected chi connectivity index (χ2v) is 51.6. The minimum Gasteiger partial charge on any atom is -0.450 e. The number of halogens is 18. The van der Waals surface area contributed by atoms with Gasteiger partial charge in [0.2, 0.25) is 0 Å². The van der Waals surface area contributed by atoms with Gasteiger partial charge in [0.15, 0.2) is 63.6 Å². The van der Waals surface area contributed by atoms with Crippen LogP contribution in [0.15, 0.2) is 0 Å². The van der Waals surface area contributed by atoms with E-state index in [1.807, 2.05) is 25.6 Å². The second-order valence-electron chi connectivity index (χ2n) is 35.0. The molecule has 21 unspecified atom stereocenters. The molecule has 12 nitrogen and oxygen atoms in total. The Morgan fingerprint density at radius 2 is 0.726 bits per heavy atom. The van der Waals surface area contributed by atoms with Gasteiger partial charge in [-0.2, -0.15) is 138 Å². The van der Waals surface area contributed by atoms with Gasteiger partial charge in [-0.25, -0.2) is 0 Å². The van der Waals surface area contributed by atoms with Crippen LogP contribution >= 0.6 is 141 Å². The maximum Gasteiger partial charge on any atom is 0.404 e. The third kappa shape index (κ3) is 28.7. The van der Waals surface area contributed by atoms with Crippen LogP contribution in [0.5, 0.6) is 0 Å². The molecule has 0 radical (unpaired) electrons. The molecular formula is C82H126F18O12S12. The number of rotatable bonds is 18. The summed E-state index contributed by atoms with van der Waals surface area (Å²) in [6.07, 6.45) is -14.5. The number of carbonyl (C=O) groups excluding carboxylic acids is 6. The van der Waals surface area contributed by atoms with Crippen molar-refractivity contribution in [2.45, 2.75) is 375 Å². The molecule has 10 aliphatic rings. The molecule has 0 bridgehead atoms. The Morgan fingerprint density at radius 1 is 0.347 bits per heavy atom. The van der Waals surface area contributed by atoms with Crippen molar-refractivity contribution >= 4 is 177 Å². The zero-order valence-corrected chi connectivity index (χ0v) is 83.5. The van der Waals surface area contributed by atoms with Crippen molar-refractivity contribution in [2.24, 2.45) is 37.9 Å². The number of thioether (sulfide) groups is 12. The molecule has 0 N–H and O–H groups in total. The Hall–Kier alpha value is -0.240. The average Bonchev–Trinajstić information content (AvgIpc) is 1.50. The van der Waals surface area contributed by atoms with Crippen LogP contribution in [-0.2, 0) is 57.2 Å². The molecule has 42 heteroatoms. The van der Waals surface area contributed by atoms with E-state index in [0.29, 0.717) is 56.3 Å². The molecule has 6 aliphatic heterocycles. The van der Waals surface area contributed by atoms with E-state index in [4.69, 9.17) is 28.4 Å². The standard InChI is InChI=1S/C16H23F3O2S2.C14H21F3O2S2.C13H19F3O2S2.3C13H21F3O2S2/c1-3-14(2,16(17,18)19)13(20)21-15-9-5-8-12(15)22-10-6-4-7-11(10)23-15;1-3-12(2,14(15,16)17)11(18)19-13-7-4-6-10(13)20-8-5-9-21-13;1-3-12(2,13(14,15)16)11(17)18-10-7-19-8-5-4-6-9(8)20-10;1-5-12(4,13(14,15)16)10(17)18-9-6-19-7-11(2,3)8-20-9;1-5-12(4,13(14,15)16)11(17)18-10-7-19-8(2)6-9(3)20-10;1-5-11(3,13(14,15)16)10(17)18-12(4)9(2)19-7-6-8-20-12/h10-12H,3-9H2,1-2H3;10H,3-9H2,1-2H3;8-10H,3-7H2,1-2H3;9H,5-8H2,1-4H3;8-10H,5-7H2,1-4H3;9H,5-8H2,1-4H3. The van der Waals surface area contributed by atoms with Gasteiger partial charge in [-0.1, -0.05) is 82.1 Å². The van der Waals surface area contributed by atoms with Gasteiger partial charge in [-0.15, -0.1) is 82.3 Å². The molecule has 124 heavy (non-hydrogen) atoms. The minimum atomic E-state index is -4.60. The highest BCUT2D eigenvalue weighted by molar-refractivity contribution is 8.09. The third-order valence-electron chi connectivity index (χ3n) is 25.2. The molecule has 10 rings (SSSR count). The molecule has 0 spiro atoms. The summed E-state index contributed by atoms with van der Waals surface area (Å²) in [7, 11) is 0. The largest absolute Gasteiger partial charge is 0.450 e. The van der Waals surface area contributed by atoms with E-state index in [1.54, 1.807) is 77.5 Å². The highest BCUT2D eigenvalue weighted by Gasteiger charge is 2.65. The summed E-state index contributed by atoms with van der Waals surface area (Å²) < 4.78 is 268. The summed E-state index contributed by atoms with van der Waals surface area (Å²) in [5.74, 6) is 0.0753. The molecule has 10 fully saturated rings. The number of alkyl halides is 18. The number of carbonyl (C=O) groups is 6. The summed E-state index contributed by atoms with van der Waals surface area (Å²) in [6, 6.07) is 0. The molecule has 6 saturated heterocycles. The molecule has 0 aromatic heterocycles. The summed E-state index contributed by atoms with van der Waals surface area (Å²) in [4.78, 5) is 70.3. The van der Waals surface area contributed by atoms with Gasteiger partial charge < -0.3 is 28.4 Å². The molecule has 724 valence electrons. The lowest BCUT2D eigenvalue weighted by Crippen LogP contribution is -2.50. The first kappa shape index (κ1) is 114. The molecule has 6 heterocycles. The van der Waals surface area contributed by atoms with Crippen molar-refractivity contribution in [1.82, 2.24) is 0 Å². The highest BCUT2D eigenvalue weighted by Crippen LogP contribution is 2.62. The third-order valence-corrected chi connectivity index (χ3v) is 44.9. The predicted molar refractivity (Wildman–Crippen MR) is 478 cm³/mol. The molecule has 4 aliphatic carbocycles. The zero-order valence-electron chi connectivity index (χ0n) is 73.7. The van der Waals surface area contributed by atoms with Crippen LogP contribution in [-0.4, -0.2) is 203 Å². The smallest absolute Gasteiger partial charge is 0.404 e. The molecular weight excluding hydrogens is 1900 g/mol. The SMILES string of the molecule is CCC(C)(C(=O)OC1(C)SCCCSC1C)C(F)(F)F.CCC(C)(C(=O)OC12CCCC1SC1CCCC1S2)C(F)(F)F.CCC(C)(C(=O)OC12CCCC1SCCCS2)C(F)(F)F.CCC(C)(C(=O)OC1CSC(C)CC(C)S1)C(F)(F)F.CCC(C)(C(=O)OC1CSC2CCCC2S1)C(F)(F)F.CCC(C)(C(=O)OC1CSCC(C)(C)CS1)C(F)(F)F. The number of fused-ring (bicyclic) bond motifs is 4. The lowest BCUT2D eigenvalue weighted by atomic mass is 9.87. The van der Waals surface area contributed by atoms with Gasteiger partial charge in [-0.3, -0.25) is 28.8 Å². The van der Waals surface area contributed by atoms with E-state index < -0.39 is 136 Å². The van der Waals surface area contributed by atoms with E-state index in [-0.39, 0.29) is 64.9 Å². The minimum absolute atomic E-state index is 0.0340. The fraction of sp³-hybridized carbons (Fsp3) is 0.927. The van der Waals surface area contributed by atoms with Crippen LogP contribution < -0.4 is 0 Å². The predicted octanol–water partition coefficient (Wildman–Crippen LogP) is 27.3. The average molecular weight is 2030 g/mol. The van der Waals surface area contributed by atoms with Gasteiger partial charge in [0, 0.05) is 54.5 Å². The molecule has 0 amide bonds. The summed E-state index contributed by atoms with van der Waals surface area (Å²) in [5.41, 5.74) is -15.8. The fourth-order valence-electron chi connectivity index (χ4n) is 14.1. The van der Waals surface area contributed by atoms with E-state index in [0.717, 1.165) is 147 Å². The monoisotopic (exact) mass is 2030 g/mol. The van der Waals surface area contributed by atoms with Crippen molar-refractivity contribution in [3.05, 3.63) is 0 Å². The first-order valence-electron chi connectivity index (χ1n) is 42.2. The second kappa shape index (κ2) is 46.5. The van der Waals surface area contributed by atoms with Crippen molar-refractivity contribution in [3.8, 4) is 0 Å². The van der Waals surface area contributed by atoms with Crippen LogP contribution in [0.2, 0.25) is 0 Å². The van der Waals surface area contributed by atoms with Gasteiger partial charge in [0.25, 0.3) is 0 Å². The summed E-state index contributed by atoms with van der Waals surface area (Å²) >= 11 is 19.3. The lowest BCUT2D eigenvalue weighted by molar-refractivity contribution is -0.235. The van der Waals surface area contributed by atoms with Crippen LogP contribution in [0.4, 0.5) is 79.0 Å². The summed E-state index contributed by atoms with van der Waals surface area (Å²) in [5, 5.41) is 2.94. The van der Waals surface area contributed by atoms with E-state index >= 15 is 0 Å². The maximum atomic E-state index is 13.4. The van der Waals surface area contributed by atoms with Crippen molar-refractivity contribution in [3.63, 3.8) is 0 Å². The Balaban J connectivity index is 0.000000265. The number of hydrogen-bond donors (Lipinski definition) is 0. The van der Waals surface area contributed by atoms with Crippen molar-refractivity contribution < 1.29 is 136 Å². The van der Waals surface area contributed by atoms with E-state index in [2.05, 4.69) is 20.8 Å². The normalized spacial score (nSPS) is 32.6. The lowest BCUT2D eigenvalue weighted by Gasteiger charge is -2.44. The van der Waals surface area contributed by atoms with E-state index in [1.165, 1.54) is 113 Å². The zero-order chi connectivity index (χ0) is 94.3. The van der Waals surface area contributed by atoms with Crippen molar-refractivity contribution in [2.75, 3.05) is 51.8 Å². The Morgan fingerprint density at radius 3 is 1.19 bits per heavy atom. The molecule has 4 saturated carbocycles. The first-order chi connectivity index (χ1) is 56.9. The number of esters is 6. The Labute approximate surface area is 771 Å². The topological polar surface area (TPSA) is 158 Å². The molecule has 0 aromatic carbocycles. The summed E-state index contributed by atoms with van der Waals surface area (Å²) in [6.45, 7) is 25.7. The fourth-order valence-corrected chi connectivity index (χ4v) is 33.0. The van der Waals surface area contributed by atoms with Gasteiger partial charge in [-0.05, 0) is 212 Å². The van der Waals surface area contributed by atoms with Crippen LogP contribution in [0, 0.1) is 37.9 Å². The van der Waals surface area contributed by atoms with Crippen molar-refractivity contribution in [1.29, 1.82) is 0 Å². The van der Waals surface area contributed by atoms with Crippen LogP contribution in [0.3, 0.4) is 0 Å². The molecule has 21 atom stereocenters. The first-order valence-corrected chi connectivity index (χ1v) is 54.3. The van der Waals surface area contributed by atoms with Gasteiger partial charge >= 0.3 is 72.9 Å². The molecule has 0 aromatic rings.